The molecule has 0 saturated heterocycles. The maximum Gasteiger partial charge on any atom is 0.293 e. The van der Waals surface area contributed by atoms with Gasteiger partial charge in [-0.2, -0.15) is 0 Å². The molecule has 0 spiro atoms. The SMILES string of the molecule is COc1ccc(CCNc2ccc(Cl)cc2[N+](=O)[O-])cc1OC. The molecule has 6 nitrogen and oxygen atoms in total. The summed E-state index contributed by atoms with van der Waals surface area (Å²) in [5, 5.41) is 14.4. The van der Waals surface area contributed by atoms with E-state index in [0.717, 1.165) is 5.56 Å². The third kappa shape index (κ3) is 4.26. The molecule has 0 heterocycles. The van der Waals surface area contributed by atoms with E-state index in [-0.39, 0.29) is 5.69 Å². The van der Waals surface area contributed by atoms with Crippen LogP contribution in [-0.2, 0) is 6.42 Å². The molecule has 1 N–H and O–H groups in total. The van der Waals surface area contributed by atoms with E-state index in [1.165, 1.54) is 6.07 Å². The number of hydrogen-bond donors (Lipinski definition) is 1. The first kappa shape index (κ1) is 16.9. The van der Waals surface area contributed by atoms with E-state index in [4.69, 9.17) is 21.1 Å². The van der Waals surface area contributed by atoms with E-state index < -0.39 is 4.92 Å². The predicted molar refractivity (Wildman–Crippen MR) is 89.8 cm³/mol. The fraction of sp³-hybridized carbons (Fsp3) is 0.250. The predicted octanol–water partition coefficient (Wildman–Crippen LogP) is 3.92. The van der Waals surface area contributed by atoms with Crippen LogP contribution in [-0.4, -0.2) is 25.7 Å². The Morgan fingerprint density at radius 2 is 1.87 bits per heavy atom. The summed E-state index contributed by atoms with van der Waals surface area (Å²) in [7, 11) is 3.16. The first-order valence-electron chi connectivity index (χ1n) is 6.94. The van der Waals surface area contributed by atoms with Gasteiger partial charge in [0.25, 0.3) is 5.69 Å². The molecule has 122 valence electrons. The molecule has 0 fully saturated rings. The average Bonchev–Trinajstić information content (AvgIpc) is 2.55. The number of ether oxygens (including phenoxy) is 2. The number of benzene rings is 2. The Bertz CT molecular complexity index is 706. The van der Waals surface area contributed by atoms with Crippen molar-refractivity contribution in [1.82, 2.24) is 0 Å². The van der Waals surface area contributed by atoms with E-state index in [9.17, 15) is 10.1 Å². The fourth-order valence-electron chi connectivity index (χ4n) is 2.18. The van der Waals surface area contributed by atoms with E-state index in [1.54, 1.807) is 26.4 Å². The van der Waals surface area contributed by atoms with Crippen molar-refractivity contribution in [2.24, 2.45) is 0 Å². The second-order valence-corrected chi connectivity index (χ2v) is 5.22. The van der Waals surface area contributed by atoms with Crippen molar-refractivity contribution >= 4 is 23.0 Å². The van der Waals surface area contributed by atoms with Crippen LogP contribution < -0.4 is 14.8 Å². The molecule has 0 amide bonds. The molecule has 7 heteroatoms. The number of methoxy groups -OCH3 is 2. The largest absolute Gasteiger partial charge is 0.493 e. The van der Waals surface area contributed by atoms with Gasteiger partial charge in [-0.1, -0.05) is 17.7 Å². The van der Waals surface area contributed by atoms with Crippen molar-refractivity contribution < 1.29 is 14.4 Å². The maximum atomic E-state index is 11.0. The number of nitro benzene ring substituents is 1. The number of hydrogen-bond acceptors (Lipinski definition) is 5. The molecule has 23 heavy (non-hydrogen) atoms. The minimum Gasteiger partial charge on any atom is -0.493 e. The van der Waals surface area contributed by atoms with Gasteiger partial charge in [0.05, 0.1) is 19.1 Å². The Morgan fingerprint density at radius 1 is 1.13 bits per heavy atom. The van der Waals surface area contributed by atoms with Crippen molar-refractivity contribution in [2.75, 3.05) is 26.1 Å². The van der Waals surface area contributed by atoms with Crippen molar-refractivity contribution in [2.45, 2.75) is 6.42 Å². The molecular weight excluding hydrogens is 320 g/mol. The highest BCUT2D eigenvalue weighted by molar-refractivity contribution is 6.30. The van der Waals surface area contributed by atoms with Gasteiger partial charge in [-0.3, -0.25) is 10.1 Å². The Morgan fingerprint density at radius 3 is 2.52 bits per heavy atom. The van der Waals surface area contributed by atoms with Crippen molar-refractivity contribution in [1.29, 1.82) is 0 Å². The standard InChI is InChI=1S/C16H17ClN2O4/c1-22-15-6-3-11(9-16(15)23-2)7-8-18-13-5-4-12(17)10-14(13)19(20)21/h3-6,9-10,18H,7-8H2,1-2H3. The van der Waals surface area contributed by atoms with Gasteiger partial charge in [-0.05, 0) is 36.2 Å². The third-order valence-electron chi connectivity index (χ3n) is 3.33. The number of nitro groups is 1. The van der Waals surface area contributed by atoms with Gasteiger partial charge in [0.1, 0.15) is 5.69 Å². The van der Waals surface area contributed by atoms with Crippen LogP contribution in [0.1, 0.15) is 5.56 Å². The smallest absolute Gasteiger partial charge is 0.293 e. The van der Waals surface area contributed by atoms with Crippen molar-refractivity contribution in [3.8, 4) is 11.5 Å². The molecule has 0 radical (unpaired) electrons. The third-order valence-corrected chi connectivity index (χ3v) is 3.57. The van der Waals surface area contributed by atoms with Crippen LogP contribution >= 0.6 is 11.6 Å². The molecule has 0 aliphatic rings. The van der Waals surface area contributed by atoms with Gasteiger partial charge in [-0.15, -0.1) is 0 Å². The molecule has 0 unspecified atom stereocenters. The number of nitrogens with one attached hydrogen (secondary N) is 1. The van der Waals surface area contributed by atoms with Gasteiger partial charge < -0.3 is 14.8 Å². The molecule has 0 aromatic heterocycles. The summed E-state index contributed by atoms with van der Waals surface area (Å²) in [5.74, 6) is 1.32. The summed E-state index contributed by atoms with van der Waals surface area (Å²) in [6, 6.07) is 10.2. The lowest BCUT2D eigenvalue weighted by Gasteiger charge is -2.11. The Kier molecular flexibility index (Phi) is 5.65. The molecule has 0 aliphatic heterocycles. The average molecular weight is 337 g/mol. The van der Waals surface area contributed by atoms with Crippen LogP contribution in [0.25, 0.3) is 0 Å². The second-order valence-electron chi connectivity index (χ2n) is 4.78. The lowest BCUT2D eigenvalue weighted by Crippen LogP contribution is -2.07. The van der Waals surface area contributed by atoms with Crippen LogP contribution in [0.15, 0.2) is 36.4 Å². The van der Waals surface area contributed by atoms with Gasteiger partial charge >= 0.3 is 0 Å². The molecular formula is C16H17ClN2O4. The normalized spacial score (nSPS) is 10.2. The highest BCUT2D eigenvalue weighted by Crippen LogP contribution is 2.29. The number of rotatable bonds is 7. The minimum absolute atomic E-state index is 0.0372. The van der Waals surface area contributed by atoms with Gasteiger partial charge in [0, 0.05) is 17.6 Å². The summed E-state index contributed by atoms with van der Waals surface area (Å²) in [6.45, 7) is 0.540. The highest BCUT2D eigenvalue weighted by Gasteiger charge is 2.13. The molecule has 0 saturated carbocycles. The summed E-state index contributed by atoms with van der Waals surface area (Å²) in [4.78, 5) is 10.6. The summed E-state index contributed by atoms with van der Waals surface area (Å²) in [6.07, 6.45) is 0.681. The quantitative estimate of drug-likeness (QED) is 0.612. The van der Waals surface area contributed by atoms with Crippen LogP contribution in [0.5, 0.6) is 11.5 Å². The van der Waals surface area contributed by atoms with E-state index in [2.05, 4.69) is 5.32 Å². The van der Waals surface area contributed by atoms with Gasteiger partial charge in [0.15, 0.2) is 11.5 Å². The number of nitrogens with zero attached hydrogens (tertiary/aromatic N) is 1. The Labute approximate surface area is 139 Å². The highest BCUT2D eigenvalue weighted by atomic mass is 35.5. The number of halogens is 1. The topological polar surface area (TPSA) is 73.6 Å². The molecule has 2 rings (SSSR count). The first-order valence-corrected chi connectivity index (χ1v) is 7.31. The zero-order chi connectivity index (χ0) is 16.8. The molecule has 2 aromatic rings. The maximum absolute atomic E-state index is 11.0. The molecule has 2 aromatic carbocycles. The molecule has 0 aliphatic carbocycles. The minimum atomic E-state index is -0.454. The van der Waals surface area contributed by atoms with E-state index >= 15 is 0 Å². The lowest BCUT2D eigenvalue weighted by atomic mass is 10.1. The van der Waals surface area contributed by atoms with Crippen LogP contribution in [0.2, 0.25) is 5.02 Å². The monoisotopic (exact) mass is 336 g/mol. The van der Waals surface area contributed by atoms with Crippen LogP contribution in [0.3, 0.4) is 0 Å². The van der Waals surface area contributed by atoms with E-state index in [1.807, 2.05) is 18.2 Å². The van der Waals surface area contributed by atoms with E-state index in [0.29, 0.717) is 35.2 Å². The zero-order valence-electron chi connectivity index (χ0n) is 12.8. The van der Waals surface area contributed by atoms with Gasteiger partial charge in [0.2, 0.25) is 0 Å². The van der Waals surface area contributed by atoms with Crippen LogP contribution in [0, 0.1) is 10.1 Å². The fourth-order valence-corrected chi connectivity index (χ4v) is 2.35. The van der Waals surface area contributed by atoms with Crippen molar-refractivity contribution in [3.63, 3.8) is 0 Å². The zero-order valence-corrected chi connectivity index (χ0v) is 13.6. The lowest BCUT2D eigenvalue weighted by molar-refractivity contribution is -0.383. The van der Waals surface area contributed by atoms with Gasteiger partial charge in [-0.25, -0.2) is 0 Å². The second kappa shape index (κ2) is 7.69. The molecule has 0 atom stereocenters. The Hall–Kier alpha value is -2.47. The summed E-state index contributed by atoms with van der Waals surface area (Å²) in [5.41, 5.74) is 1.44. The molecule has 0 bridgehead atoms. The summed E-state index contributed by atoms with van der Waals surface area (Å²) >= 11 is 5.79. The van der Waals surface area contributed by atoms with Crippen LogP contribution in [0.4, 0.5) is 11.4 Å². The summed E-state index contributed by atoms with van der Waals surface area (Å²) < 4.78 is 10.4. The first-order chi connectivity index (χ1) is 11.0. The van der Waals surface area contributed by atoms with Crippen molar-refractivity contribution in [3.05, 3.63) is 57.1 Å². The Balaban J connectivity index is 2.04. The number of anilines is 1.